The lowest BCUT2D eigenvalue weighted by Crippen LogP contribution is -2.11. The molecule has 1 N–H and O–H groups in total. The maximum absolute atomic E-state index is 12.0. The molecule has 0 saturated carbocycles. The molecule has 0 aliphatic carbocycles. The lowest BCUT2D eigenvalue weighted by Gasteiger charge is -2.12. The summed E-state index contributed by atoms with van der Waals surface area (Å²) < 4.78 is 3.77. The Hall–Kier alpha value is -1.75. The summed E-state index contributed by atoms with van der Waals surface area (Å²) in [4.78, 5) is 12.6. The van der Waals surface area contributed by atoms with E-state index in [-0.39, 0.29) is 5.91 Å². The summed E-state index contributed by atoms with van der Waals surface area (Å²) in [6.45, 7) is 8.16. The van der Waals surface area contributed by atoms with E-state index in [4.69, 9.17) is 0 Å². The summed E-state index contributed by atoms with van der Waals surface area (Å²) in [5.74, 6) is 0.335. The largest absolute Gasteiger partial charge is 0.321 e. The van der Waals surface area contributed by atoms with Crippen LogP contribution in [0.4, 0.5) is 5.69 Å². The van der Waals surface area contributed by atoms with Crippen LogP contribution in [0.25, 0.3) is 0 Å². The molecule has 4 nitrogen and oxygen atoms in total. The Morgan fingerprint density at radius 2 is 2.05 bits per heavy atom. The molecule has 0 spiro atoms. The van der Waals surface area contributed by atoms with Crippen molar-refractivity contribution in [2.75, 3.05) is 5.32 Å². The van der Waals surface area contributed by atoms with Crippen LogP contribution in [-0.2, 0) is 0 Å². The molecule has 0 saturated heterocycles. The summed E-state index contributed by atoms with van der Waals surface area (Å²) in [7, 11) is 0. The molecule has 2 rings (SSSR count). The quantitative estimate of drug-likeness (QED) is 0.932. The molecule has 1 aromatic carbocycles. The number of hydrogen-bond donors (Lipinski definition) is 1. The number of aromatic nitrogens is 2. The van der Waals surface area contributed by atoms with Crippen molar-refractivity contribution in [3.63, 3.8) is 0 Å². The van der Waals surface area contributed by atoms with Gasteiger partial charge in [0, 0.05) is 5.69 Å². The predicted octanol–water partition coefficient (Wildman–Crippen LogP) is 3.53. The first kappa shape index (κ1) is 13.7. The highest BCUT2D eigenvalue weighted by Crippen LogP contribution is 2.23. The number of benzene rings is 1. The van der Waals surface area contributed by atoms with E-state index in [1.807, 2.05) is 12.1 Å². The Morgan fingerprint density at radius 1 is 1.32 bits per heavy atom. The smallest absolute Gasteiger partial charge is 0.269 e. The molecule has 5 heteroatoms. The molecule has 1 aromatic heterocycles. The molecule has 19 heavy (non-hydrogen) atoms. The van der Waals surface area contributed by atoms with Crippen molar-refractivity contribution in [2.45, 2.75) is 33.6 Å². The number of hydrogen-bond acceptors (Lipinski definition) is 4. The Bertz CT molecular complexity index is 604. The van der Waals surface area contributed by atoms with Gasteiger partial charge < -0.3 is 5.32 Å². The van der Waals surface area contributed by atoms with Crippen LogP contribution in [0.15, 0.2) is 18.2 Å². The van der Waals surface area contributed by atoms with E-state index >= 15 is 0 Å². The zero-order chi connectivity index (χ0) is 14.0. The molecular weight excluding hydrogens is 258 g/mol. The summed E-state index contributed by atoms with van der Waals surface area (Å²) in [5, 5.41) is 6.73. The maximum Gasteiger partial charge on any atom is 0.269 e. The minimum atomic E-state index is -0.149. The highest BCUT2D eigenvalue weighted by molar-refractivity contribution is 7.08. The molecule has 0 atom stereocenters. The summed E-state index contributed by atoms with van der Waals surface area (Å²) in [6.07, 6.45) is 0. The van der Waals surface area contributed by atoms with Gasteiger partial charge in [-0.2, -0.15) is 0 Å². The zero-order valence-corrected chi connectivity index (χ0v) is 12.3. The van der Waals surface area contributed by atoms with Gasteiger partial charge in [0.15, 0.2) is 0 Å². The minimum absolute atomic E-state index is 0.149. The number of rotatable bonds is 3. The third kappa shape index (κ3) is 2.98. The van der Waals surface area contributed by atoms with E-state index in [0.717, 1.165) is 17.2 Å². The van der Waals surface area contributed by atoms with Crippen molar-refractivity contribution in [1.29, 1.82) is 0 Å². The zero-order valence-electron chi connectivity index (χ0n) is 11.5. The van der Waals surface area contributed by atoms with Gasteiger partial charge >= 0.3 is 0 Å². The SMILES string of the molecule is Cc1cc(NC(=O)c2snnc2C)ccc1C(C)C. The van der Waals surface area contributed by atoms with Crippen molar-refractivity contribution in [3.8, 4) is 0 Å². The van der Waals surface area contributed by atoms with Gasteiger partial charge in [0.2, 0.25) is 0 Å². The van der Waals surface area contributed by atoms with Gasteiger partial charge in [-0.3, -0.25) is 4.79 Å². The van der Waals surface area contributed by atoms with Gasteiger partial charge in [0.05, 0.1) is 5.69 Å². The Balaban J connectivity index is 2.18. The summed E-state index contributed by atoms with van der Waals surface area (Å²) in [5.41, 5.74) is 3.96. The molecule has 100 valence electrons. The summed E-state index contributed by atoms with van der Waals surface area (Å²) in [6, 6.07) is 5.99. The topological polar surface area (TPSA) is 54.9 Å². The lowest BCUT2D eigenvalue weighted by molar-refractivity contribution is 0.103. The van der Waals surface area contributed by atoms with Crippen molar-refractivity contribution >= 4 is 23.1 Å². The van der Waals surface area contributed by atoms with E-state index in [1.54, 1.807) is 6.92 Å². The second-order valence-electron chi connectivity index (χ2n) is 4.87. The number of amides is 1. The fraction of sp³-hybridized carbons (Fsp3) is 0.357. The highest BCUT2D eigenvalue weighted by Gasteiger charge is 2.13. The number of carbonyl (C=O) groups excluding carboxylic acids is 1. The van der Waals surface area contributed by atoms with Crippen LogP contribution in [0.2, 0.25) is 0 Å². The standard InChI is InChI=1S/C14H17N3OS/c1-8(2)12-6-5-11(7-9(12)3)15-14(18)13-10(4)16-17-19-13/h5-8H,1-4H3,(H,15,18). The molecule has 0 unspecified atom stereocenters. The third-order valence-electron chi connectivity index (χ3n) is 3.01. The van der Waals surface area contributed by atoms with Gasteiger partial charge in [-0.25, -0.2) is 0 Å². The van der Waals surface area contributed by atoms with E-state index in [2.05, 4.69) is 41.7 Å². The molecule has 1 heterocycles. The number of aryl methyl sites for hydroxylation is 2. The first-order valence-corrected chi connectivity index (χ1v) is 6.97. The van der Waals surface area contributed by atoms with Gasteiger partial charge in [0.25, 0.3) is 5.91 Å². The van der Waals surface area contributed by atoms with Crippen LogP contribution in [0.1, 0.15) is 46.3 Å². The van der Waals surface area contributed by atoms with E-state index in [1.165, 1.54) is 11.1 Å². The predicted molar refractivity (Wildman–Crippen MR) is 77.9 cm³/mol. The van der Waals surface area contributed by atoms with Gasteiger partial charge in [-0.1, -0.05) is 24.4 Å². The van der Waals surface area contributed by atoms with Crippen LogP contribution >= 0.6 is 11.5 Å². The molecule has 1 amide bonds. The number of nitrogens with one attached hydrogen (secondary N) is 1. The average Bonchev–Trinajstić information content (AvgIpc) is 2.75. The monoisotopic (exact) mass is 275 g/mol. The highest BCUT2D eigenvalue weighted by atomic mass is 32.1. The van der Waals surface area contributed by atoms with Gasteiger partial charge in [0.1, 0.15) is 4.88 Å². The fourth-order valence-corrected chi connectivity index (χ4v) is 2.58. The van der Waals surface area contributed by atoms with Crippen molar-refractivity contribution in [2.24, 2.45) is 0 Å². The van der Waals surface area contributed by atoms with Crippen LogP contribution in [0.3, 0.4) is 0 Å². The molecule has 0 aliphatic heterocycles. The second kappa shape index (κ2) is 5.48. The molecular formula is C14H17N3OS. The minimum Gasteiger partial charge on any atom is -0.321 e. The number of nitrogens with zero attached hydrogens (tertiary/aromatic N) is 2. The molecule has 0 bridgehead atoms. The summed E-state index contributed by atoms with van der Waals surface area (Å²) >= 11 is 1.12. The van der Waals surface area contributed by atoms with Crippen LogP contribution in [0.5, 0.6) is 0 Å². The lowest BCUT2D eigenvalue weighted by atomic mass is 9.98. The number of carbonyl (C=O) groups is 1. The first-order valence-electron chi connectivity index (χ1n) is 6.20. The van der Waals surface area contributed by atoms with Crippen molar-refractivity contribution < 1.29 is 4.79 Å². The maximum atomic E-state index is 12.0. The molecule has 0 radical (unpaired) electrons. The van der Waals surface area contributed by atoms with Gasteiger partial charge in [-0.15, -0.1) is 5.10 Å². The molecule has 0 aliphatic rings. The molecule has 2 aromatic rings. The number of anilines is 1. The van der Waals surface area contributed by atoms with E-state index in [9.17, 15) is 4.79 Å². The fourth-order valence-electron chi connectivity index (χ4n) is 2.03. The van der Waals surface area contributed by atoms with Crippen LogP contribution in [0, 0.1) is 13.8 Å². The molecule has 0 fully saturated rings. The Labute approximate surface area is 117 Å². The Morgan fingerprint density at radius 3 is 2.58 bits per heavy atom. The van der Waals surface area contributed by atoms with Crippen molar-refractivity contribution in [1.82, 2.24) is 9.59 Å². The van der Waals surface area contributed by atoms with Crippen LogP contribution in [-0.4, -0.2) is 15.5 Å². The van der Waals surface area contributed by atoms with Crippen molar-refractivity contribution in [3.05, 3.63) is 39.9 Å². The first-order chi connectivity index (χ1) is 8.99. The third-order valence-corrected chi connectivity index (χ3v) is 3.83. The van der Waals surface area contributed by atoms with Gasteiger partial charge in [-0.05, 0) is 54.6 Å². The van der Waals surface area contributed by atoms with E-state index < -0.39 is 0 Å². The second-order valence-corrected chi connectivity index (χ2v) is 5.62. The average molecular weight is 275 g/mol. The Kier molecular flexibility index (Phi) is 3.95. The van der Waals surface area contributed by atoms with Crippen LogP contribution < -0.4 is 5.32 Å². The van der Waals surface area contributed by atoms with E-state index in [0.29, 0.717) is 16.5 Å². The normalized spacial score (nSPS) is 10.8.